The number of piperidine rings is 1. The molecule has 1 saturated heterocycles. The van der Waals surface area contributed by atoms with E-state index in [1.807, 2.05) is 6.07 Å². The SMILES string of the molecule is C[C@H]1C[C@H](C)C[NH+](CC(=O)NNC(=O)c2ccccc2Br)C1. The van der Waals surface area contributed by atoms with Crippen molar-refractivity contribution in [2.24, 2.45) is 11.8 Å². The fraction of sp³-hybridized carbons (Fsp3) is 0.500. The van der Waals surface area contributed by atoms with Crippen molar-refractivity contribution in [2.45, 2.75) is 20.3 Å². The molecule has 0 aromatic heterocycles. The second-order valence-electron chi connectivity index (χ2n) is 6.26. The van der Waals surface area contributed by atoms with Crippen LogP contribution >= 0.6 is 15.9 Å². The molecule has 0 bridgehead atoms. The number of rotatable bonds is 3. The summed E-state index contributed by atoms with van der Waals surface area (Å²) in [6.07, 6.45) is 1.23. The molecule has 3 N–H and O–H groups in total. The van der Waals surface area contributed by atoms with Crippen LogP contribution in [0.4, 0.5) is 0 Å². The van der Waals surface area contributed by atoms with Gasteiger partial charge in [0.05, 0.1) is 18.7 Å². The zero-order chi connectivity index (χ0) is 16.1. The number of likely N-dealkylation sites (tertiary alicyclic amines) is 1. The van der Waals surface area contributed by atoms with E-state index < -0.39 is 0 Å². The number of quaternary nitrogens is 1. The number of carbonyl (C=O) groups is 2. The van der Waals surface area contributed by atoms with Crippen molar-refractivity contribution in [3.05, 3.63) is 34.3 Å². The minimum atomic E-state index is -0.323. The minimum Gasteiger partial charge on any atom is -0.327 e. The number of nitrogens with one attached hydrogen (secondary N) is 3. The standard InChI is InChI=1S/C16H22BrN3O2/c1-11-7-12(2)9-20(8-11)10-15(21)18-19-16(22)13-5-3-4-6-14(13)17/h3-6,11-12H,7-10H2,1-2H3,(H,18,21)(H,19,22)/p+1/t11-,12-/m0/s1. The van der Waals surface area contributed by atoms with E-state index >= 15 is 0 Å². The van der Waals surface area contributed by atoms with Gasteiger partial charge in [-0.05, 0) is 34.5 Å². The second kappa shape index (κ2) is 7.74. The average molecular weight is 369 g/mol. The van der Waals surface area contributed by atoms with Crippen LogP contribution in [0.15, 0.2) is 28.7 Å². The van der Waals surface area contributed by atoms with Crippen LogP contribution in [0.3, 0.4) is 0 Å². The van der Waals surface area contributed by atoms with Crippen molar-refractivity contribution < 1.29 is 14.5 Å². The van der Waals surface area contributed by atoms with E-state index in [0.717, 1.165) is 13.1 Å². The van der Waals surface area contributed by atoms with Crippen LogP contribution in [-0.4, -0.2) is 31.4 Å². The van der Waals surface area contributed by atoms with Gasteiger partial charge in [0, 0.05) is 16.3 Å². The molecule has 0 unspecified atom stereocenters. The Bertz CT molecular complexity index is 540. The molecular weight excluding hydrogens is 346 g/mol. The topological polar surface area (TPSA) is 62.6 Å². The van der Waals surface area contributed by atoms with Gasteiger partial charge >= 0.3 is 0 Å². The first-order valence-corrected chi connectivity index (χ1v) is 8.42. The molecule has 1 aromatic rings. The quantitative estimate of drug-likeness (QED) is 0.690. The molecule has 2 atom stereocenters. The van der Waals surface area contributed by atoms with Gasteiger partial charge in [0.2, 0.25) is 0 Å². The molecule has 1 aliphatic rings. The number of benzene rings is 1. The van der Waals surface area contributed by atoms with Crippen LogP contribution < -0.4 is 15.8 Å². The molecule has 1 aliphatic heterocycles. The molecule has 120 valence electrons. The first-order chi connectivity index (χ1) is 10.5. The molecule has 1 heterocycles. The Hall–Kier alpha value is -1.40. The molecule has 0 radical (unpaired) electrons. The zero-order valence-electron chi connectivity index (χ0n) is 13.0. The fourth-order valence-electron chi connectivity index (χ4n) is 3.18. The molecule has 0 aliphatic carbocycles. The van der Waals surface area contributed by atoms with Gasteiger partial charge < -0.3 is 4.90 Å². The molecule has 2 rings (SSSR count). The van der Waals surface area contributed by atoms with Gasteiger partial charge in [-0.2, -0.15) is 0 Å². The van der Waals surface area contributed by atoms with Crippen molar-refractivity contribution in [2.75, 3.05) is 19.6 Å². The van der Waals surface area contributed by atoms with Crippen molar-refractivity contribution in [1.29, 1.82) is 0 Å². The summed E-state index contributed by atoms with van der Waals surface area (Å²) in [7, 11) is 0. The number of hydrogen-bond donors (Lipinski definition) is 3. The van der Waals surface area contributed by atoms with Crippen LogP contribution in [0.1, 0.15) is 30.6 Å². The Kier molecular flexibility index (Phi) is 5.97. The summed E-state index contributed by atoms with van der Waals surface area (Å²) in [6.45, 7) is 6.86. The predicted molar refractivity (Wildman–Crippen MR) is 88.3 cm³/mol. The summed E-state index contributed by atoms with van der Waals surface area (Å²) >= 11 is 3.32. The monoisotopic (exact) mass is 368 g/mol. The van der Waals surface area contributed by atoms with E-state index in [2.05, 4.69) is 40.6 Å². The molecular formula is C16H23BrN3O2+. The Morgan fingerprint density at radius 3 is 2.45 bits per heavy atom. The highest BCUT2D eigenvalue weighted by Gasteiger charge is 2.26. The molecule has 1 fully saturated rings. The lowest BCUT2D eigenvalue weighted by molar-refractivity contribution is -0.904. The minimum absolute atomic E-state index is 0.156. The van der Waals surface area contributed by atoms with E-state index in [4.69, 9.17) is 0 Å². The van der Waals surface area contributed by atoms with Gasteiger partial charge in [0.15, 0.2) is 6.54 Å². The highest BCUT2D eigenvalue weighted by atomic mass is 79.9. The van der Waals surface area contributed by atoms with Crippen LogP contribution in [-0.2, 0) is 4.79 Å². The van der Waals surface area contributed by atoms with E-state index in [-0.39, 0.29) is 11.8 Å². The summed E-state index contributed by atoms with van der Waals surface area (Å²) in [5, 5.41) is 0. The highest BCUT2D eigenvalue weighted by molar-refractivity contribution is 9.10. The molecule has 2 amide bonds. The maximum atomic E-state index is 12.0. The Morgan fingerprint density at radius 2 is 1.82 bits per heavy atom. The van der Waals surface area contributed by atoms with Gasteiger partial charge in [0.1, 0.15) is 0 Å². The third kappa shape index (κ3) is 4.81. The Morgan fingerprint density at radius 1 is 1.18 bits per heavy atom. The molecule has 22 heavy (non-hydrogen) atoms. The van der Waals surface area contributed by atoms with Crippen LogP contribution in [0.5, 0.6) is 0 Å². The molecule has 5 nitrogen and oxygen atoms in total. The average Bonchev–Trinajstić information content (AvgIpc) is 2.44. The van der Waals surface area contributed by atoms with Gasteiger partial charge in [-0.25, -0.2) is 0 Å². The van der Waals surface area contributed by atoms with E-state index in [1.54, 1.807) is 18.2 Å². The normalized spacial score (nSPS) is 24.6. The zero-order valence-corrected chi connectivity index (χ0v) is 14.6. The number of amides is 2. The fourth-order valence-corrected chi connectivity index (χ4v) is 3.64. The van der Waals surface area contributed by atoms with Crippen molar-refractivity contribution >= 4 is 27.7 Å². The summed E-state index contributed by atoms with van der Waals surface area (Å²) in [5.41, 5.74) is 5.47. The summed E-state index contributed by atoms with van der Waals surface area (Å²) < 4.78 is 0.700. The van der Waals surface area contributed by atoms with E-state index in [1.165, 1.54) is 11.3 Å². The van der Waals surface area contributed by atoms with Gasteiger partial charge in [-0.15, -0.1) is 0 Å². The maximum absolute atomic E-state index is 12.0. The largest absolute Gasteiger partial charge is 0.327 e. The smallest absolute Gasteiger partial charge is 0.293 e. The maximum Gasteiger partial charge on any atom is 0.293 e. The number of hydrogen-bond acceptors (Lipinski definition) is 2. The number of carbonyl (C=O) groups excluding carboxylic acids is 2. The molecule has 6 heteroatoms. The number of halogens is 1. The summed E-state index contributed by atoms with van der Waals surface area (Å²) in [4.78, 5) is 25.3. The first-order valence-electron chi connectivity index (χ1n) is 7.63. The predicted octanol–water partition coefficient (Wildman–Crippen LogP) is 0.771. The van der Waals surface area contributed by atoms with Gasteiger partial charge in [0.25, 0.3) is 11.8 Å². The van der Waals surface area contributed by atoms with E-state index in [9.17, 15) is 9.59 Å². The highest BCUT2D eigenvalue weighted by Crippen LogP contribution is 2.15. The molecule has 0 spiro atoms. The molecule has 0 saturated carbocycles. The summed E-state index contributed by atoms with van der Waals surface area (Å²) in [6, 6.07) is 7.10. The van der Waals surface area contributed by atoms with Crippen LogP contribution in [0.25, 0.3) is 0 Å². The second-order valence-corrected chi connectivity index (χ2v) is 7.12. The van der Waals surface area contributed by atoms with Crippen LogP contribution in [0.2, 0.25) is 0 Å². The first kappa shape index (κ1) is 17.0. The third-order valence-corrected chi connectivity index (χ3v) is 4.62. The van der Waals surface area contributed by atoms with Crippen LogP contribution in [0, 0.1) is 11.8 Å². The third-order valence-electron chi connectivity index (χ3n) is 3.92. The molecule has 1 aromatic carbocycles. The Labute approximate surface area is 139 Å². The number of hydrazine groups is 1. The van der Waals surface area contributed by atoms with E-state index in [0.29, 0.717) is 28.4 Å². The Balaban J connectivity index is 1.80. The van der Waals surface area contributed by atoms with Gasteiger partial charge in [-0.3, -0.25) is 20.4 Å². The van der Waals surface area contributed by atoms with Gasteiger partial charge in [-0.1, -0.05) is 26.0 Å². The lowest BCUT2D eigenvalue weighted by Crippen LogP contribution is -3.15. The van der Waals surface area contributed by atoms with Crippen molar-refractivity contribution in [3.8, 4) is 0 Å². The van der Waals surface area contributed by atoms with Crippen molar-refractivity contribution in [1.82, 2.24) is 10.9 Å². The van der Waals surface area contributed by atoms with Crippen molar-refractivity contribution in [3.63, 3.8) is 0 Å². The summed E-state index contributed by atoms with van der Waals surface area (Å²) in [5.74, 6) is 0.802. The lowest BCUT2D eigenvalue weighted by atomic mass is 9.92. The lowest BCUT2D eigenvalue weighted by Gasteiger charge is -2.31.